The second-order valence-electron chi connectivity index (χ2n) is 6.17. The summed E-state index contributed by atoms with van der Waals surface area (Å²) in [6.45, 7) is 7.33. The molecule has 0 spiro atoms. The molecule has 1 saturated carbocycles. The number of hydrogen-bond acceptors (Lipinski definition) is 3. The second-order valence-corrected chi connectivity index (χ2v) is 6.17. The Hall–Kier alpha value is -1.06. The molecule has 0 bridgehead atoms. The molecular weight excluding hydrogens is 250 g/mol. The number of nitrogens with one attached hydrogen (secondary N) is 1. The van der Waals surface area contributed by atoms with Gasteiger partial charge in [-0.25, -0.2) is 0 Å². The molecule has 1 aliphatic rings. The Morgan fingerprint density at radius 1 is 1.35 bits per heavy atom. The molecule has 0 heterocycles. The lowest BCUT2D eigenvalue weighted by Crippen LogP contribution is -2.32. The summed E-state index contributed by atoms with van der Waals surface area (Å²) in [7, 11) is 1.77. The summed E-state index contributed by atoms with van der Waals surface area (Å²) in [5.74, 6) is 0.989. The molecule has 0 saturated heterocycles. The first-order valence-corrected chi connectivity index (χ1v) is 7.59. The third kappa shape index (κ3) is 4.50. The summed E-state index contributed by atoms with van der Waals surface area (Å²) in [5.41, 5.74) is 1.13. The van der Waals surface area contributed by atoms with Crippen molar-refractivity contribution in [3.05, 3.63) is 29.8 Å². The molecule has 112 valence electrons. The van der Waals surface area contributed by atoms with Gasteiger partial charge in [-0.2, -0.15) is 0 Å². The molecule has 0 radical (unpaired) electrons. The molecular formula is C17H27NO2. The summed E-state index contributed by atoms with van der Waals surface area (Å²) < 4.78 is 11.5. The van der Waals surface area contributed by atoms with E-state index in [9.17, 15) is 0 Å². The van der Waals surface area contributed by atoms with Gasteiger partial charge in [0.2, 0.25) is 0 Å². The zero-order valence-electron chi connectivity index (χ0n) is 13.1. The van der Waals surface area contributed by atoms with Crippen LogP contribution in [0.25, 0.3) is 0 Å². The maximum Gasteiger partial charge on any atom is 0.120 e. The van der Waals surface area contributed by atoms with Crippen molar-refractivity contribution in [1.29, 1.82) is 0 Å². The molecule has 1 unspecified atom stereocenters. The van der Waals surface area contributed by atoms with E-state index < -0.39 is 0 Å². The highest BCUT2D eigenvalue weighted by atomic mass is 16.5. The van der Waals surface area contributed by atoms with Crippen LogP contribution in [0.5, 0.6) is 5.75 Å². The Balaban J connectivity index is 2.10. The fourth-order valence-electron chi connectivity index (χ4n) is 2.31. The lowest BCUT2D eigenvalue weighted by atomic mass is 9.93. The molecule has 1 N–H and O–H groups in total. The van der Waals surface area contributed by atoms with E-state index in [-0.39, 0.29) is 11.6 Å². The van der Waals surface area contributed by atoms with Crippen molar-refractivity contribution in [3.8, 4) is 5.75 Å². The van der Waals surface area contributed by atoms with Gasteiger partial charge in [-0.3, -0.25) is 0 Å². The zero-order valence-corrected chi connectivity index (χ0v) is 13.1. The van der Waals surface area contributed by atoms with Crippen LogP contribution >= 0.6 is 0 Å². The Morgan fingerprint density at radius 3 is 2.70 bits per heavy atom. The Morgan fingerprint density at radius 2 is 2.10 bits per heavy atom. The fourth-order valence-corrected chi connectivity index (χ4v) is 2.31. The van der Waals surface area contributed by atoms with Gasteiger partial charge >= 0.3 is 0 Å². The van der Waals surface area contributed by atoms with Gasteiger partial charge in [0.1, 0.15) is 5.75 Å². The van der Waals surface area contributed by atoms with Gasteiger partial charge in [0.15, 0.2) is 0 Å². The summed E-state index contributed by atoms with van der Waals surface area (Å²) in [4.78, 5) is 0. The molecule has 0 aliphatic heterocycles. The van der Waals surface area contributed by atoms with Crippen LogP contribution < -0.4 is 10.1 Å². The monoisotopic (exact) mass is 277 g/mol. The number of rotatable bonds is 8. The largest absolute Gasteiger partial charge is 0.490 e. The van der Waals surface area contributed by atoms with Crippen LogP contribution in [0.1, 0.15) is 51.6 Å². The van der Waals surface area contributed by atoms with Crippen LogP contribution in [0.3, 0.4) is 0 Å². The van der Waals surface area contributed by atoms with Gasteiger partial charge in [-0.1, -0.05) is 19.1 Å². The van der Waals surface area contributed by atoms with Gasteiger partial charge in [-0.05, 0) is 57.4 Å². The predicted molar refractivity (Wildman–Crippen MR) is 82.2 cm³/mol. The first kappa shape index (κ1) is 15.3. The molecule has 1 fully saturated rings. The van der Waals surface area contributed by atoms with Crippen LogP contribution in [0.2, 0.25) is 0 Å². The van der Waals surface area contributed by atoms with Crippen LogP contribution in [0, 0.1) is 0 Å². The van der Waals surface area contributed by atoms with Gasteiger partial charge in [0.25, 0.3) is 0 Å². The Kier molecular flexibility index (Phi) is 5.06. The van der Waals surface area contributed by atoms with E-state index in [4.69, 9.17) is 9.47 Å². The van der Waals surface area contributed by atoms with Crippen LogP contribution in [-0.4, -0.2) is 25.4 Å². The molecule has 3 nitrogen and oxygen atoms in total. The third-order valence-electron chi connectivity index (χ3n) is 3.79. The summed E-state index contributed by atoms with van der Waals surface area (Å²) >= 11 is 0. The van der Waals surface area contributed by atoms with Gasteiger partial charge in [-0.15, -0.1) is 0 Å². The molecule has 0 aromatic heterocycles. The molecule has 1 atom stereocenters. The van der Waals surface area contributed by atoms with E-state index in [0.717, 1.165) is 18.7 Å². The van der Waals surface area contributed by atoms with Crippen LogP contribution in [-0.2, 0) is 4.74 Å². The highest BCUT2D eigenvalue weighted by Crippen LogP contribution is 2.31. The topological polar surface area (TPSA) is 30.5 Å². The molecule has 20 heavy (non-hydrogen) atoms. The minimum atomic E-state index is -0.139. The number of ether oxygens (including phenoxy) is 2. The number of hydrogen-bond donors (Lipinski definition) is 1. The standard InChI is InChI=1S/C17H27NO2/c1-5-18-16(12-17(2,3)19-4)13-7-6-8-15(11-13)20-14-9-10-14/h6-8,11,14,16,18H,5,9-10,12H2,1-4H3. The summed E-state index contributed by atoms with van der Waals surface area (Å²) in [6, 6.07) is 8.75. The van der Waals surface area contributed by atoms with E-state index in [1.54, 1.807) is 7.11 Å². The zero-order chi connectivity index (χ0) is 14.6. The fraction of sp³-hybridized carbons (Fsp3) is 0.647. The van der Waals surface area contributed by atoms with Gasteiger partial charge in [0.05, 0.1) is 11.7 Å². The third-order valence-corrected chi connectivity index (χ3v) is 3.79. The Bertz CT molecular complexity index is 427. The number of methoxy groups -OCH3 is 1. The van der Waals surface area contributed by atoms with E-state index in [1.807, 2.05) is 6.07 Å². The normalized spacial score (nSPS) is 17.0. The van der Waals surface area contributed by atoms with Gasteiger partial charge in [0, 0.05) is 13.2 Å². The molecule has 3 heteroatoms. The maximum atomic E-state index is 5.89. The summed E-state index contributed by atoms with van der Waals surface area (Å²) in [5, 5.41) is 3.55. The Labute approximate surface area is 122 Å². The number of benzene rings is 1. The molecule has 1 aromatic rings. The quantitative estimate of drug-likeness (QED) is 0.786. The van der Waals surface area contributed by atoms with Crippen LogP contribution in [0.4, 0.5) is 0 Å². The lowest BCUT2D eigenvalue weighted by Gasteiger charge is -2.29. The van der Waals surface area contributed by atoms with Crippen molar-refractivity contribution >= 4 is 0 Å². The minimum absolute atomic E-state index is 0.139. The van der Waals surface area contributed by atoms with Crippen molar-refractivity contribution in [2.24, 2.45) is 0 Å². The molecule has 0 amide bonds. The average Bonchev–Trinajstić information content (AvgIpc) is 3.22. The molecule has 2 rings (SSSR count). The average molecular weight is 277 g/mol. The highest BCUT2D eigenvalue weighted by Gasteiger charge is 2.25. The van der Waals surface area contributed by atoms with Crippen LogP contribution in [0.15, 0.2) is 24.3 Å². The second kappa shape index (κ2) is 6.59. The van der Waals surface area contributed by atoms with E-state index in [0.29, 0.717) is 6.10 Å². The van der Waals surface area contributed by atoms with Crippen molar-refractivity contribution < 1.29 is 9.47 Å². The maximum absolute atomic E-state index is 5.89. The first-order valence-electron chi connectivity index (χ1n) is 7.59. The highest BCUT2D eigenvalue weighted by molar-refractivity contribution is 5.31. The van der Waals surface area contributed by atoms with Crippen molar-refractivity contribution in [1.82, 2.24) is 5.32 Å². The smallest absolute Gasteiger partial charge is 0.120 e. The van der Waals surface area contributed by atoms with E-state index >= 15 is 0 Å². The predicted octanol–water partition coefficient (Wildman–Crippen LogP) is 3.69. The first-order chi connectivity index (χ1) is 9.54. The SMILES string of the molecule is CCNC(CC(C)(C)OC)c1cccc(OC2CC2)c1. The van der Waals surface area contributed by atoms with Crippen molar-refractivity contribution in [2.75, 3.05) is 13.7 Å². The lowest BCUT2D eigenvalue weighted by molar-refractivity contribution is 0.00695. The molecule has 1 aliphatic carbocycles. The van der Waals surface area contributed by atoms with Crippen molar-refractivity contribution in [2.45, 2.75) is 57.8 Å². The van der Waals surface area contributed by atoms with Crippen molar-refractivity contribution in [3.63, 3.8) is 0 Å². The molecule has 1 aromatic carbocycles. The van der Waals surface area contributed by atoms with Gasteiger partial charge < -0.3 is 14.8 Å². The minimum Gasteiger partial charge on any atom is -0.490 e. The summed E-state index contributed by atoms with van der Waals surface area (Å²) in [6.07, 6.45) is 3.76. The van der Waals surface area contributed by atoms with E-state index in [1.165, 1.54) is 18.4 Å². The van der Waals surface area contributed by atoms with E-state index in [2.05, 4.69) is 44.3 Å².